The lowest BCUT2D eigenvalue weighted by molar-refractivity contribution is -0.118. The minimum absolute atomic E-state index is 0.0122. The number of methoxy groups -OCH3 is 1. The average Bonchev–Trinajstić information content (AvgIpc) is 2.80. The van der Waals surface area contributed by atoms with Crippen LogP contribution in [0.3, 0.4) is 0 Å². The Morgan fingerprint density at radius 2 is 2.27 bits per heavy atom. The monoisotopic (exact) mass is 331 g/mol. The second kappa shape index (κ2) is 6.59. The third-order valence-corrected chi connectivity index (χ3v) is 5.12. The van der Waals surface area contributed by atoms with Crippen molar-refractivity contribution in [2.75, 3.05) is 35.6 Å². The molecular weight excluding hydrogens is 313 g/mol. The van der Waals surface area contributed by atoms with E-state index in [-0.39, 0.29) is 30.3 Å². The molecule has 1 aromatic carbocycles. The molecular formula is C13H18FN3O4S. The van der Waals surface area contributed by atoms with Crippen LogP contribution in [0.15, 0.2) is 18.2 Å². The van der Waals surface area contributed by atoms with Crippen LogP contribution in [0.25, 0.3) is 0 Å². The highest BCUT2D eigenvalue weighted by Crippen LogP contribution is 2.29. The van der Waals surface area contributed by atoms with E-state index in [2.05, 4.69) is 5.32 Å². The van der Waals surface area contributed by atoms with Gasteiger partial charge in [0.15, 0.2) is 0 Å². The van der Waals surface area contributed by atoms with Gasteiger partial charge in [-0.15, -0.1) is 0 Å². The molecule has 3 N–H and O–H groups in total. The molecule has 1 atom stereocenters. The Morgan fingerprint density at radius 1 is 1.55 bits per heavy atom. The lowest BCUT2D eigenvalue weighted by Crippen LogP contribution is -2.39. The number of hydrogen-bond donors (Lipinski definition) is 2. The van der Waals surface area contributed by atoms with Crippen LogP contribution in [-0.2, 0) is 19.6 Å². The van der Waals surface area contributed by atoms with Gasteiger partial charge in [-0.3, -0.25) is 9.10 Å². The molecule has 1 heterocycles. The summed E-state index contributed by atoms with van der Waals surface area (Å²) in [6, 6.07) is 2.88. The Morgan fingerprint density at radius 3 is 2.86 bits per heavy atom. The van der Waals surface area contributed by atoms with Crippen molar-refractivity contribution in [1.82, 2.24) is 0 Å². The number of halogens is 1. The van der Waals surface area contributed by atoms with Gasteiger partial charge in [0.2, 0.25) is 15.9 Å². The van der Waals surface area contributed by atoms with Crippen LogP contribution in [0.1, 0.15) is 6.42 Å². The third-order valence-electron chi connectivity index (χ3n) is 3.26. The number of nitrogens with two attached hydrogens (primary N) is 1. The largest absolute Gasteiger partial charge is 0.383 e. The van der Waals surface area contributed by atoms with E-state index in [1.54, 1.807) is 0 Å². The number of rotatable bonds is 5. The van der Waals surface area contributed by atoms with Crippen molar-refractivity contribution in [3.8, 4) is 0 Å². The van der Waals surface area contributed by atoms with E-state index in [9.17, 15) is 17.6 Å². The number of carbonyl (C=O) groups excluding carboxylic acids is 1. The van der Waals surface area contributed by atoms with Crippen molar-refractivity contribution in [2.45, 2.75) is 12.5 Å². The number of hydrogen-bond acceptors (Lipinski definition) is 5. The van der Waals surface area contributed by atoms with Crippen molar-refractivity contribution >= 4 is 27.3 Å². The summed E-state index contributed by atoms with van der Waals surface area (Å²) in [5, 5.41) is 2.51. The lowest BCUT2D eigenvalue weighted by atomic mass is 10.2. The zero-order valence-electron chi connectivity index (χ0n) is 12.1. The van der Waals surface area contributed by atoms with Gasteiger partial charge in [0, 0.05) is 19.3 Å². The predicted octanol–water partition coefficient (Wildman–Crippen LogP) is 0.278. The summed E-state index contributed by atoms with van der Waals surface area (Å²) in [6.07, 6.45) is 0.442. The first kappa shape index (κ1) is 16.7. The SMILES string of the molecule is COCC(N)C(=O)Nc1ccc(F)c(N2CCCS2(=O)=O)c1. The Labute approximate surface area is 128 Å². The van der Waals surface area contributed by atoms with Gasteiger partial charge in [-0.05, 0) is 24.6 Å². The molecule has 0 radical (unpaired) electrons. The number of benzene rings is 1. The number of carbonyl (C=O) groups is 1. The van der Waals surface area contributed by atoms with Gasteiger partial charge < -0.3 is 15.8 Å². The second-order valence-corrected chi connectivity index (χ2v) is 6.97. The van der Waals surface area contributed by atoms with Crippen LogP contribution in [0.4, 0.5) is 15.8 Å². The predicted molar refractivity (Wildman–Crippen MR) is 80.6 cm³/mol. The molecule has 1 saturated heterocycles. The molecule has 1 fully saturated rings. The van der Waals surface area contributed by atoms with Gasteiger partial charge in [0.25, 0.3) is 0 Å². The lowest BCUT2D eigenvalue weighted by Gasteiger charge is -2.19. The molecule has 0 aliphatic carbocycles. The summed E-state index contributed by atoms with van der Waals surface area (Å²) in [4.78, 5) is 11.8. The normalized spacial score (nSPS) is 18.2. The molecule has 2 rings (SSSR count). The molecule has 0 saturated carbocycles. The summed E-state index contributed by atoms with van der Waals surface area (Å²) in [5.41, 5.74) is 5.79. The molecule has 122 valence electrons. The molecule has 1 aliphatic heterocycles. The minimum atomic E-state index is -3.50. The smallest absolute Gasteiger partial charge is 0.243 e. The van der Waals surface area contributed by atoms with E-state index in [0.29, 0.717) is 6.42 Å². The van der Waals surface area contributed by atoms with Crippen LogP contribution in [0.2, 0.25) is 0 Å². The van der Waals surface area contributed by atoms with Crippen LogP contribution in [0, 0.1) is 5.82 Å². The minimum Gasteiger partial charge on any atom is -0.383 e. The number of amides is 1. The first-order chi connectivity index (χ1) is 10.3. The summed E-state index contributed by atoms with van der Waals surface area (Å²) in [6.45, 7) is 0.264. The number of sulfonamides is 1. The molecule has 7 nitrogen and oxygen atoms in total. The van der Waals surface area contributed by atoms with Gasteiger partial charge in [-0.2, -0.15) is 0 Å². The number of nitrogens with zero attached hydrogens (tertiary/aromatic N) is 1. The van der Waals surface area contributed by atoms with Crippen molar-refractivity contribution < 1.29 is 22.3 Å². The molecule has 1 unspecified atom stereocenters. The molecule has 1 aromatic rings. The standard InChI is InChI=1S/C13H18FN3O4S/c1-21-8-11(15)13(18)16-9-3-4-10(14)12(7-9)17-5-2-6-22(17,19)20/h3-4,7,11H,2,5-6,8,15H2,1H3,(H,16,18). The van der Waals surface area contributed by atoms with Gasteiger partial charge in [0.05, 0.1) is 18.0 Å². The maximum Gasteiger partial charge on any atom is 0.243 e. The summed E-state index contributed by atoms with van der Waals surface area (Å²) in [7, 11) is -2.08. The second-order valence-electron chi connectivity index (χ2n) is 4.96. The van der Waals surface area contributed by atoms with Gasteiger partial charge >= 0.3 is 0 Å². The molecule has 1 amide bonds. The van der Waals surface area contributed by atoms with Crippen molar-refractivity contribution in [2.24, 2.45) is 5.73 Å². The zero-order chi connectivity index (χ0) is 16.3. The van der Waals surface area contributed by atoms with Crippen molar-refractivity contribution in [3.05, 3.63) is 24.0 Å². The molecule has 22 heavy (non-hydrogen) atoms. The Kier molecular flexibility index (Phi) is 4.99. The fourth-order valence-electron chi connectivity index (χ4n) is 2.18. The van der Waals surface area contributed by atoms with E-state index in [1.807, 2.05) is 0 Å². The van der Waals surface area contributed by atoms with Crippen LogP contribution >= 0.6 is 0 Å². The van der Waals surface area contributed by atoms with E-state index in [0.717, 1.165) is 10.4 Å². The average molecular weight is 331 g/mol. The molecule has 1 aliphatic rings. The van der Waals surface area contributed by atoms with Crippen molar-refractivity contribution in [1.29, 1.82) is 0 Å². The Hall–Kier alpha value is -1.71. The molecule has 0 aromatic heterocycles. The van der Waals surface area contributed by atoms with E-state index in [4.69, 9.17) is 10.5 Å². The summed E-state index contributed by atoms with van der Waals surface area (Å²) in [5.74, 6) is -1.17. The number of nitrogens with one attached hydrogen (secondary N) is 1. The topological polar surface area (TPSA) is 102 Å². The Bertz CT molecular complexity index is 665. The summed E-state index contributed by atoms with van der Waals surface area (Å²) >= 11 is 0. The highest BCUT2D eigenvalue weighted by molar-refractivity contribution is 7.93. The molecule has 0 spiro atoms. The quantitative estimate of drug-likeness (QED) is 0.807. The van der Waals surface area contributed by atoms with Crippen molar-refractivity contribution in [3.63, 3.8) is 0 Å². The highest BCUT2D eigenvalue weighted by Gasteiger charge is 2.30. The molecule has 9 heteroatoms. The summed E-state index contributed by atoms with van der Waals surface area (Å²) < 4.78 is 43.5. The fourth-order valence-corrected chi connectivity index (χ4v) is 3.74. The first-order valence-electron chi connectivity index (χ1n) is 6.70. The van der Waals surface area contributed by atoms with Gasteiger partial charge in [-0.1, -0.05) is 0 Å². The van der Waals surface area contributed by atoms with Crippen LogP contribution in [0.5, 0.6) is 0 Å². The number of ether oxygens (including phenoxy) is 1. The first-order valence-corrected chi connectivity index (χ1v) is 8.31. The van der Waals surface area contributed by atoms with E-state index < -0.39 is 27.8 Å². The number of anilines is 2. The van der Waals surface area contributed by atoms with Crippen LogP contribution < -0.4 is 15.4 Å². The van der Waals surface area contributed by atoms with Crippen LogP contribution in [-0.4, -0.2) is 46.4 Å². The van der Waals surface area contributed by atoms with Gasteiger partial charge in [0.1, 0.15) is 11.9 Å². The third kappa shape index (κ3) is 3.54. The fraction of sp³-hybridized carbons (Fsp3) is 0.462. The maximum atomic E-state index is 13.9. The maximum absolute atomic E-state index is 13.9. The van der Waals surface area contributed by atoms with Gasteiger partial charge in [-0.25, -0.2) is 12.8 Å². The highest BCUT2D eigenvalue weighted by atomic mass is 32.2. The molecule has 0 bridgehead atoms. The van der Waals surface area contributed by atoms with E-state index >= 15 is 0 Å². The zero-order valence-corrected chi connectivity index (χ0v) is 12.9. The Balaban J connectivity index is 2.22. The van der Waals surface area contributed by atoms with E-state index in [1.165, 1.54) is 19.2 Å².